The van der Waals surface area contributed by atoms with E-state index in [-0.39, 0.29) is 11.5 Å². The molecule has 4 aromatic heterocycles. The Bertz CT molecular complexity index is 1450. The van der Waals surface area contributed by atoms with E-state index in [1.165, 1.54) is 50.1 Å². The number of hydrogen-bond donors (Lipinski definition) is 1. The summed E-state index contributed by atoms with van der Waals surface area (Å²) in [4.78, 5) is 14.6. The van der Waals surface area contributed by atoms with Gasteiger partial charge >= 0.3 is 0 Å². The maximum atomic E-state index is 5.59. The topological polar surface area (TPSA) is 87.5 Å². The molecule has 2 aliphatic heterocycles. The van der Waals surface area contributed by atoms with Gasteiger partial charge in [0.25, 0.3) is 0 Å². The van der Waals surface area contributed by atoms with Crippen molar-refractivity contribution in [2.24, 2.45) is 5.92 Å². The van der Waals surface area contributed by atoms with Crippen LogP contribution in [0.2, 0.25) is 0 Å². The molecule has 37 heavy (non-hydrogen) atoms. The van der Waals surface area contributed by atoms with Crippen LogP contribution in [0.5, 0.6) is 5.75 Å². The number of fused-ring (bicyclic) bond motifs is 3. The molecule has 2 atom stereocenters. The van der Waals surface area contributed by atoms with Gasteiger partial charge in [-0.2, -0.15) is 10.2 Å². The zero-order valence-electron chi connectivity index (χ0n) is 21.9. The fraction of sp³-hybridized carbons (Fsp3) is 0.556. The fourth-order valence-electron chi connectivity index (χ4n) is 6.57. The Morgan fingerprint density at radius 2 is 2.14 bits per heavy atom. The van der Waals surface area contributed by atoms with Crippen molar-refractivity contribution in [2.45, 2.75) is 64.0 Å². The quantitative estimate of drug-likeness (QED) is 0.375. The maximum absolute atomic E-state index is 5.59. The number of aromatic amines is 1. The van der Waals surface area contributed by atoms with E-state index in [0.717, 1.165) is 40.0 Å². The first-order chi connectivity index (χ1) is 17.9. The third kappa shape index (κ3) is 3.67. The lowest BCUT2D eigenvalue weighted by atomic mass is 9.84. The predicted molar refractivity (Wildman–Crippen MR) is 145 cm³/mol. The van der Waals surface area contributed by atoms with Crippen LogP contribution in [0.3, 0.4) is 0 Å². The number of ether oxygens (including phenoxy) is 1. The number of nitrogens with one attached hydrogen (secondary N) is 1. The molecule has 10 heteroatoms. The molecule has 3 aliphatic rings. The van der Waals surface area contributed by atoms with Crippen LogP contribution in [0.1, 0.15) is 57.9 Å². The van der Waals surface area contributed by atoms with Gasteiger partial charge in [-0.05, 0) is 44.1 Å². The van der Waals surface area contributed by atoms with Gasteiger partial charge in [0, 0.05) is 48.5 Å². The first kappa shape index (κ1) is 23.2. The standard InChI is InChI=1S/C27H34N8OS/c1-16(2)22-23(18-8-20(36-4)25-29-15-30-35(25)12-18)31-32-24(22)26-28-10-21(37-26)34-14-27(3)9-19(34)13-33(27)11-17-6-5-7-17/h8,10,12,15-17,19H,5-7,9,11,13-14H2,1-4H3,(H,31,32)/t19-,27-/m0/s1. The largest absolute Gasteiger partial charge is 0.493 e. The Labute approximate surface area is 220 Å². The molecule has 2 saturated heterocycles. The van der Waals surface area contributed by atoms with Gasteiger partial charge in [-0.1, -0.05) is 31.6 Å². The Morgan fingerprint density at radius 1 is 1.27 bits per heavy atom. The Hall–Kier alpha value is -2.98. The number of hydrogen-bond acceptors (Lipinski definition) is 8. The first-order valence-electron chi connectivity index (χ1n) is 13.4. The summed E-state index contributed by atoms with van der Waals surface area (Å²) < 4.78 is 7.33. The van der Waals surface area contributed by atoms with Crippen LogP contribution < -0.4 is 9.64 Å². The van der Waals surface area contributed by atoms with Gasteiger partial charge in [-0.15, -0.1) is 0 Å². The summed E-state index contributed by atoms with van der Waals surface area (Å²) in [5, 5.41) is 14.7. The molecule has 1 N–H and O–H groups in total. The van der Waals surface area contributed by atoms with Gasteiger partial charge < -0.3 is 9.64 Å². The fourth-order valence-corrected chi connectivity index (χ4v) is 7.57. The average molecular weight is 519 g/mol. The van der Waals surface area contributed by atoms with Crippen molar-refractivity contribution in [1.29, 1.82) is 0 Å². The summed E-state index contributed by atoms with van der Waals surface area (Å²) in [6.45, 7) is 10.4. The van der Waals surface area contributed by atoms with Gasteiger partial charge in [0.15, 0.2) is 11.4 Å². The SMILES string of the molecule is COc1cc(-c2n[nH]c(-c3ncc(N4C[C@]5(C)C[C@H]4CN5CC4CCC4)s3)c2C(C)C)cn2ncnc12. The zero-order chi connectivity index (χ0) is 25.3. The highest BCUT2D eigenvalue weighted by atomic mass is 32.1. The van der Waals surface area contributed by atoms with Crippen molar-refractivity contribution in [2.75, 3.05) is 31.6 Å². The number of anilines is 1. The van der Waals surface area contributed by atoms with Gasteiger partial charge in [-0.3, -0.25) is 10.00 Å². The molecule has 9 nitrogen and oxygen atoms in total. The molecule has 2 bridgehead atoms. The van der Waals surface area contributed by atoms with Crippen molar-refractivity contribution >= 4 is 22.0 Å². The predicted octanol–water partition coefficient (Wildman–Crippen LogP) is 4.83. The van der Waals surface area contributed by atoms with Gasteiger partial charge in [-0.25, -0.2) is 14.5 Å². The van der Waals surface area contributed by atoms with E-state index in [0.29, 0.717) is 17.4 Å². The Kier molecular flexibility index (Phi) is 5.34. The van der Waals surface area contributed by atoms with Crippen LogP contribution in [-0.4, -0.2) is 73.0 Å². The van der Waals surface area contributed by atoms with Crippen molar-refractivity contribution in [3.63, 3.8) is 0 Å². The molecule has 1 aliphatic carbocycles. The van der Waals surface area contributed by atoms with Crippen LogP contribution in [0.4, 0.5) is 5.00 Å². The molecule has 7 rings (SSSR count). The zero-order valence-corrected chi connectivity index (χ0v) is 22.8. The molecule has 6 heterocycles. The second-order valence-electron chi connectivity index (χ2n) is 11.5. The van der Waals surface area contributed by atoms with Crippen LogP contribution in [-0.2, 0) is 0 Å². The molecule has 0 unspecified atom stereocenters. The summed E-state index contributed by atoms with van der Waals surface area (Å²) >= 11 is 1.78. The van der Waals surface area contributed by atoms with Gasteiger partial charge in [0.2, 0.25) is 0 Å². The van der Waals surface area contributed by atoms with Crippen molar-refractivity contribution in [3.05, 3.63) is 30.4 Å². The van der Waals surface area contributed by atoms with E-state index < -0.39 is 0 Å². The van der Waals surface area contributed by atoms with Crippen molar-refractivity contribution in [1.82, 2.24) is 34.7 Å². The first-order valence-corrected chi connectivity index (χ1v) is 14.2. The number of likely N-dealkylation sites (tertiary alicyclic amines) is 1. The molecule has 1 saturated carbocycles. The highest BCUT2D eigenvalue weighted by Gasteiger charge is 2.52. The van der Waals surface area contributed by atoms with E-state index in [4.69, 9.17) is 14.8 Å². The number of methoxy groups -OCH3 is 1. The monoisotopic (exact) mass is 518 g/mol. The van der Waals surface area contributed by atoms with Gasteiger partial charge in [0.1, 0.15) is 16.3 Å². The summed E-state index contributed by atoms with van der Waals surface area (Å²) in [5.74, 6) is 1.86. The van der Waals surface area contributed by atoms with E-state index in [1.54, 1.807) is 23.0 Å². The van der Waals surface area contributed by atoms with Gasteiger partial charge in [0.05, 0.1) is 24.7 Å². The van der Waals surface area contributed by atoms with E-state index >= 15 is 0 Å². The molecule has 4 aromatic rings. The number of rotatable bonds is 7. The van der Waals surface area contributed by atoms with Crippen LogP contribution in [0.15, 0.2) is 24.8 Å². The highest BCUT2D eigenvalue weighted by molar-refractivity contribution is 7.18. The Balaban J connectivity index is 1.18. The maximum Gasteiger partial charge on any atom is 0.197 e. The highest BCUT2D eigenvalue weighted by Crippen LogP contribution is 2.46. The second kappa shape index (κ2) is 8.52. The number of thiazole rings is 1. The summed E-state index contributed by atoms with van der Waals surface area (Å²) in [6, 6.07) is 2.57. The van der Waals surface area contributed by atoms with Crippen molar-refractivity contribution < 1.29 is 4.74 Å². The minimum Gasteiger partial charge on any atom is -0.493 e. The molecular weight excluding hydrogens is 484 g/mol. The number of pyridine rings is 1. The van der Waals surface area contributed by atoms with Crippen LogP contribution in [0, 0.1) is 5.92 Å². The lowest BCUT2D eigenvalue weighted by molar-refractivity contribution is 0.103. The molecule has 0 radical (unpaired) electrons. The number of nitrogens with zero attached hydrogens (tertiary/aromatic N) is 7. The van der Waals surface area contributed by atoms with E-state index in [9.17, 15) is 0 Å². The third-order valence-electron chi connectivity index (χ3n) is 8.73. The molecule has 0 spiro atoms. The minimum absolute atomic E-state index is 0.260. The average Bonchev–Trinajstić information content (AvgIpc) is 3.65. The Morgan fingerprint density at radius 3 is 2.84 bits per heavy atom. The van der Waals surface area contributed by atoms with Crippen molar-refractivity contribution in [3.8, 4) is 27.7 Å². The summed E-state index contributed by atoms with van der Waals surface area (Å²) in [6.07, 6.45) is 11.1. The summed E-state index contributed by atoms with van der Waals surface area (Å²) in [5.41, 5.74) is 4.97. The van der Waals surface area contributed by atoms with E-state index in [1.807, 2.05) is 12.3 Å². The molecule has 0 aromatic carbocycles. The van der Waals surface area contributed by atoms with Crippen LogP contribution in [0.25, 0.3) is 27.6 Å². The molecule has 194 valence electrons. The third-order valence-corrected chi connectivity index (χ3v) is 9.78. The summed E-state index contributed by atoms with van der Waals surface area (Å²) in [7, 11) is 1.65. The normalized spacial score (nSPS) is 24.0. The number of H-pyrrole nitrogens is 1. The lowest BCUT2D eigenvalue weighted by Crippen LogP contribution is -2.54. The second-order valence-corrected chi connectivity index (χ2v) is 12.5. The smallest absolute Gasteiger partial charge is 0.197 e. The molecular formula is C27H34N8OS. The van der Waals surface area contributed by atoms with Crippen LogP contribution >= 0.6 is 11.3 Å². The molecule has 3 fully saturated rings. The number of piperazine rings is 1. The van der Waals surface area contributed by atoms with E-state index in [2.05, 4.69) is 51.9 Å². The molecule has 0 amide bonds. The number of aromatic nitrogens is 6. The lowest BCUT2D eigenvalue weighted by Gasteiger charge is -2.43. The minimum atomic E-state index is 0.260.